The fourth-order valence-electron chi connectivity index (χ4n) is 1.83. The van der Waals surface area contributed by atoms with Crippen LogP contribution in [-0.2, 0) is 4.74 Å². The molecule has 1 aromatic carbocycles. The number of nitrogens with one attached hydrogen (secondary N) is 2. The molecule has 0 spiro atoms. The number of hydrogen-bond acceptors (Lipinski definition) is 4. The van der Waals surface area contributed by atoms with Crippen LogP contribution in [-0.4, -0.2) is 32.8 Å². The highest BCUT2D eigenvalue weighted by atomic mass is 16.5. The van der Waals surface area contributed by atoms with Gasteiger partial charge in [0, 0.05) is 12.7 Å². The van der Waals surface area contributed by atoms with Gasteiger partial charge in [-0.3, -0.25) is 5.43 Å². The van der Waals surface area contributed by atoms with Crippen molar-refractivity contribution in [2.75, 3.05) is 26.9 Å². The molecular formula is C12H18N4O2. The molecule has 6 nitrogen and oxygen atoms in total. The van der Waals surface area contributed by atoms with Crippen LogP contribution >= 0.6 is 0 Å². The molecule has 1 aliphatic rings. The standard InChI is InChI=1S/C12H18N4O2/c1-17-7-6-14-12(16-13)15-10-8-18-11-5-3-2-4-9(10)11/h2-5,10H,6-8,13H2,1H3,(H2,14,15,16). The SMILES string of the molecule is COCCN=C(NN)NC1COc2ccccc21. The molecule has 2 rings (SSSR count). The van der Waals surface area contributed by atoms with Crippen LogP contribution in [0.5, 0.6) is 5.75 Å². The molecule has 0 amide bonds. The fourth-order valence-corrected chi connectivity index (χ4v) is 1.83. The number of ether oxygens (including phenoxy) is 2. The predicted molar refractivity (Wildman–Crippen MR) is 69.3 cm³/mol. The number of methoxy groups -OCH3 is 1. The van der Waals surface area contributed by atoms with Gasteiger partial charge in [0.25, 0.3) is 0 Å². The van der Waals surface area contributed by atoms with E-state index in [0.29, 0.717) is 25.7 Å². The third-order valence-electron chi connectivity index (χ3n) is 2.71. The quantitative estimate of drug-likeness (QED) is 0.233. The maximum absolute atomic E-state index is 5.57. The Bertz CT molecular complexity index is 422. The Morgan fingerprint density at radius 1 is 1.56 bits per heavy atom. The van der Waals surface area contributed by atoms with Gasteiger partial charge in [-0.2, -0.15) is 0 Å². The average molecular weight is 250 g/mol. The van der Waals surface area contributed by atoms with E-state index in [-0.39, 0.29) is 6.04 Å². The van der Waals surface area contributed by atoms with Crippen LogP contribution in [0.2, 0.25) is 0 Å². The Hall–Kier alpha value is -1.79. The van der Waals surface area contributed by atoms with Crippen LogP contribution in [0.25, 0.3) is 0 Å². The number of para-hydroxylation sites is 1. The number of nitrogens with zero attached hydrogens (tertiary/aromatic N) is 1. The number of rotatable bonds is 4. The first-order chi connectivity index (χ1) is 8.85. The molecule has 1 aliphatic heterocycles. The minimum Gasteiger partial charge on any atom is -0.491 e. The summed E-state index contributed by atoms with van der Waals surface area (Å²) in [6.45, 7) is 1.69. The molecule has 6 heteroatoms. The number of fused-ring (bicyclic) bond motifs is 1. The van der Waals surface area contributed by atoms with E-state index in [1.54, 1.807) is 7.11 Å². The van der Waals surface area contributed by atoms with Gasteiger partial charge in [-0.25, -0.2) is 10.8 Å². The third kappa shape index (κ3) is 2.91. The smallest absolute Gasteiger partial charge is 0.206 e. The van der Waals surface area contributed by atoms with E-state index in [1.807, 2.05) is 24.3 Å². The molecular weight excluding hydrogens is 232 g/mol. The molecule has 0 fully saturated rings. The first kappa shape index (κ1) is 12.7. The fraction of sp³-hybridized carbons (Fsp3) is 0.417. The summed E-state index contributed by atoms with van der Waals surface area (Å²) >= 11 is 0. The number of hydrogen-bond donors (Lipinski definition) is 3. The lowest BCUT2D eigenvalue weighted by Gasteiger charge is -2.14. The van der Waals surface area contributed by atoms with Crippen molar-refractivity contribution < 1.29 is 9.47 Å². The molecule has 0 saturated carbocycles. The second-order valence-corrected chi connectivity index (χ2v) is 3.91. The van der Waals surface area contributed by atoms with Crippen LogP contribution in [0.4, 0.5) is 0 Å². The summed E-state index contributed by atoms with van der Waals surface area (Å²) in [5.41, 5.74) is 3.66. The molecule has 0 aliphatic carbocycles. The molecule has 0 bridgehead atoms. The highest BCUT2D eigenvalue weighted by Crippen LogP contribution is 2.31. The van der Waals surface area contributed by atoms with Crippen molar-refractivity contribution in [3.05, 3.63) is 29.8 Å². The Morgan fingerprint density at radius 2 is 2.39 bits per heavy atom. The zero-order valence-electron chi connectivity index (χ0n) is 10.3. The van der Waals surface area contributed by atoms with Gasteiger partial charge >= 0.3 is 0 Å². The van der Waals surface area contributed by atoms with Gasteiger partial charge in [-0.05, 0) is 6.07 Å². The summed E-state index contributed by atoms with van der Waals surface area (Å²) in [7, 11) is 1.64. The van der Waals surface area contributed by atoms with Gasteiger partial charge in [0.2, 0.25) is 5.96 Å². The number of aliphatic imine (C=N–C) groups is 1. The molecule has 1 aromatic rings. The van der Waals surface area contributed by atoms with Crippen molar-refractivity contribution >= 4 is 5.96 Å². The van der Waals surface area contributed by atoms with Gasteiger partial charge in [0.15, 0.2) is 0 Å². The summed E-state index contributed by atoms with van der Waals surface area (Å²) in [5.74, 6) is 6.87. The molecule has 4 N–H and O–H groups in total. The Balaban J connectivity index is 1.99. The zero-order chi connectivity index (χ0) is 12.8. The van der Waals surface area contributed by atoms with Gasteiger partial charge in [0.05, 0.1) is 19.2 Å². The topological polar surface area (TPSA) is 80.9 Å². The lowest BCUT2D eigenvalue weighted by atomic mass is 10.1. The van der Waals surface area contributed by atoms with E-state index in [0.717, 1.165) is 11.3 Å². The maximum atomic E-state index is 5.57. The Kier molecular flexibility index (Phi) is 4.38. The van der Waals surface area contributed by atoms with Crippen molar-refractivity contribution in [1.29, 1.82) is 0 Å². The summed E-state index contributed by atoms with van der Waals surface area (Å²) in [6, 6.07) is 7.99. The van der Waals surface area contributed by atoms with Crippen molar-refractivity contribution in [2.24, 2.45) is 10.8 Å². The van der Waals surface area contributed by atoms with Crippen LogP contribution in [0.3, 0.4) is 0 Å². The summed E-state index contributed by atoms with van der Waals surface area (Å²) in [6.07, 6.45) is 0. The van der Waals surface area contributed by atoms with E-state index in [2.05, 4.69) is 15.7 Å². The monoisotopic (exact) mass is 250 g/mol. The maximum Gasteiger partial charge on any atom is 0.206 e. The second-order valence-electron chi connectivity index (χ2n) is 3.91. The number of nitrogens with two attached hydrogens (primary N) is 1. The van der Waals surface area contributed by atoms with Gasteiger partial charge in [-0.15, -0.1) is 0 Å². The Morgan fingerprint density at radius 3 is 3.17 bits per heavy atom. The van der Waals surface area contributed by atoms with E-state index >= 15 is 0 Å². The predicted octanol–water partition coefficient (Wildman–Crippen LogP) is 0.175. The van der Waals surface area contributed by atoms with E-state index < -0.39 is 0 Å². The minimum absolute atomic E-state index is 0.0681. The van der Waals surface area contributed by atoms with E-state index in [9.17, 15) is 0 Å². The first-order valence-corrected chi connectivity index (χ1v) is 5.83. The molecule has 98 valence electrons. The van der Waals surface area contributed by atoms with Gasteiger partial charge in [0.1, 0.15) is 12.4 Å². The van der Waals surface area contributed by atoms with Gasteiger partial charge < -0.3 is 14.8 Å². The lowest BCUT2D eigenvalue weighted by Crippen LogP contribution is -2.43. The van der Waals surface area contributed by atoms with Crippen molar-refractivity contribution in [3.8, 4) is 5.75 Å². The van der Waals surface area contributed by atoms with Crippen molar-refractivity contribution in [3.63, 3.8) is 0 Å². The highest BCUT2D eigenvalue weighted by Gasteiger charge is 2.24. The first-order valence-electron chi connectivity index (χ1n) is 5.83. The molecule has 1 atom stereocenters. The van der Waals surface area contributed by atoms with Gasteiger partial charge in [-0.1, -0.05) is 18.2 Å². The summed E-state index contributed by atoms with van der Waals surface area (Å²) < 4.78 is 10.5. The summed E-state index contributed by atoms with van der Waals surface area (Å²) in [5, 5.41) is 3.21. The molecule has 0 radical (unpaired) electrons. The largest absolute Gasteiger partial charge is 0.491 e. The van der Waals surface area contributed by atoms with Crippen LogP contribution in [0.15, 0.2) is 29.3 Å². The Labute approximate surface area is 106 Å². The van der Waals surface area contributed by atoms with E-state index in [1.165, 1.54) is 0 Å². The lowest BCUT2D eigenvalue weighted by molar-refractivity contribution is 0.207. The number of hydrazine groups is 1. The van der Waals surface area contributed by atoms with Crippen LogP contribution < -0.4 is 21.3 Å². The molecule has 0 aromatic heterocycles. The normalized spacial score (nSPS) is 18.1. The number of benzene rings is 1. The second kappa shape index (κ2) is 6.23. The molecule has 0 saturated heterocycles. The van der Waals surface area contributed by atoms with E-state index in [4.69, 9.17) is 15.3 Å². The van der Waals surface area contributed by atoms with Crippen LogP contribution in [0, 0.1) is 0 Å². The molecule has 18 heavy (non-hydrogen) atoms. The highest BCUT2D eigenvalue weighted by molar-refractivity contribution is 5.79. The van der Waals surface area contributed by atoms with Crippen molar-refractivity contribution in [2.45, 2.75) is 6.04 Å². The molecule has 1 unspecified atom stereocenters. The summed E-state index contributed by atoms with van der Waals surface area (Å²) in [4.78, 5) is 4.26. The number of guanidine groups is 1. The van der Waals surface area contributed by atoms with Crippen LogP contribution in [0.1, 0.15) is 11.6 Å². The zero-order valence-corrected chi connectivity index (χ0v) is 10.3. The molecule has 1 heterocycles. The average Bonchev–Trinajstić information content (AvgIpc) is 2.81. The van der Waals surface area contributed by atoms with Crippen molar-refractivity contribution in [1.82, 2.24) is 10.7 Å². The minimum atomic E-state index is 0.0681. The third-order valence-corrected chi connectivity index (χ3v) is 2.71.